The number of carbonyl (C=O) groups excluding carboxylic acids is 3. The van der Waals surface area contributed by atoms with Crippen LogP contribution in [0.4, 0.5) is 11.4 Å². The van der Waals surface area contributed by atoms with Gasteiger partial charge in [-0.05, 0) is 42.5 Å². The molecule has 1 saturated heterocycles. The van der Waals surface area contributed by atoms with Gasteiger partial charge in [-0.25, -0.2) is 14.6 Å². The molecule has 2 aromatic rings. The van der Waals surface area contributed by atoms with Gasteiger partial charge in [-0.2, -0.15) is 0 Å². The number of benzene rings is 2. The molecule has 0 bridgehead atoms. The second-order valence-electron chi connectivity index (χ2n) is 6.57. The molecule has 31 heavy (non-hydrogen) atoms. The number of aromatic carboxylic acids is 1. The minimum atomic E-state index is -1.10. The topological polar surface area (TPSA) is 125 Å². The molecule has 10 heteroatoms. The van der Waals surface area contributed by atoms with Crippen LogP contribution in [-0.4, -0.2) is 58.3 Å². The van der Waals surface area contributed by atoms with Crippen LogP contribution in [0.5, 0.6) is 0 Å². The molecule has 1 aliphatic heterocycles. The minimum absolute atomic E-state index is 0.0219. The van der Waals surface area contributed by atoms with Crippen molar-refractivity contribution in [1.82, 2.24) is 4.90 Å². The smallest absolute Gasteiger partial charge is 0.337 e. The maximum Gasteiger partial charge on any atom is 0.337 e. The first-order valence-electron chi connectivity index (χ1n) is 9.13. The van der Waals surface area contributed by atoms with Crippen molar-refractivity contribution in [2.45, 2.75) is 11.7 Å². The number of aliphatic imine (C=N–C) groups is 1. The minimum Gasteiger partial charge on any atom is -0.478 e. The number of carbonyl (C=O) groups is 4. The van der Waals surface area contributed by atoms with Gasteiger partial charge in [0.15, 0.2) is 5.17 Å². The quantitative estimate of drug-likeness (QED) is 0.684. The Morgan fingerprint density at radius 2 is 1.87 bits per heavy atom. The molecule has 2 amide bonds. The Morgan fingerprint density at radius 3 is 2.52 bits per heavy atom. The highest BCUT2D eigenvalue weighted by Crippen LogP contribution is 2.29. The third kappa shape index (κ3) is 5.28. The zero-order valence-corrected chi connectivity index (χ0v) is 17.5. The summed E-state index contributed by atoms with van der Waals surface area (Å²) in [5, 5.41) is 11.3. The Bertz CT molecular complexity index is 1070. The molecule has 0 aromatic heterocycles. The molecule has 1 fully saturated rings. The monoisotopic (exact) mass is 441 g/mol. The number of nitrogens with zero attached hydrogens (tertiary/aromatic N) is 2. The molecule has 1 unspecified atom stereocenters. The number of thioether (sulfide) groups is 1. The molecular weight excluding hydrogens is 422 g/mol. The zero-order chi connectivity index (χ0) is 22.5. The lowest BCUT2D eigenvalue weighted by Gasteiger charge is -2.28. The summed E-state index contributed by atoms with van der Waals surface area (Å²) >= 11 is 1.13. The summed E-state index contributed by atoms with van der Waals surface area (Å²) in [5.41, 5.74) is 1.24. The summed E-state index contributed by atoms with van der Waals surface area (Å²) in [7, 11) is 2.86. The number of hydrogen-bond acceptors (Lipinski definition) is 7. The van der Waals surface area contributed by atoms with Crippen molar-refractivity contribution in [3.8, 4) is 0 Å². The van der Waals surface area contributed by atoms with Crippen LogP contribution in [0.15, 0.2) is 53.5 Å². The predicted octanol–water partition coefficient (Wildman–Crippen LogP) is 2.76. The summed E-state index contributed by atoms with van der Waals surface area (Å²) in [4.78, 5) is 53.5. The van der Waals surface area contributed by atoms with E-state index >= 15 is 0 Å². The van der Waals surface area contributed by atoms with Crippen molar-refractivity contribution in [1.29, 1.82) is 0 Å². The first-order valence-corrected chi connectivity index (χ1v) is 10.0. The Kier molecular flexibility index (Phi) is 6.71. The van der Waals surface area contributed by atoms with Crippen molar-refractivity contribution in [3.05, 3.63) is 59.7 Å². The molecular formula is C21H19N3O6S. The van der Waals surface area contributed by atoms with Gasteiger partial charge >= 0.3 is 11.9 Å². The average molecular weight is 441 g/mol. The van der Waals surface area contributed by atoms with Gasteiger partial charge in [0, 0.05) is 19.2 Å². The Labute approximate surface area is 182 Å². The van der Waals surface area contributed by atoms with Gasteiger partial charge in [0.05, 0.1) is 23.9 Å². The molecule has 160 valence electrons. The predicted molar refractivity (Wildman–Crippen MR) is 116 cm³/mol. The average Bonchev–Trinajstić information content (AvgIpc) is 2.76. The van der Waals surface area contributed by atoms with Crippen LogP contribution in [-0.2, 0) is 14.3 Å². The summed E-state index contributed by atoms with van der Waals surface area (Å²) in [6, 6.07) is 12.2. The number of ether oxygens (including phenoxy) is 1. The van der Waals surface area contributed by atoms with Crippen LogP contribution >= 0.6 is 11.8 Å². The molecule has 0 radical (unpaired) electrons. The van der Waals surface area contributed by atoms with Crippen molar-refractivity contribution in [3.63, 3.8) is 0 Å². The van der Waals surface area contributed by atoms with E-state index in [2.05, 4.69) is 15.0 Å². The van der Waals surface area contributed by atoms with Gasteiger partial charge in [-0.3, -0.25) is 14.5 Å². The largest absolute Gasteiger partial charge is 0.478 e. The van der Waals surface area contributed by atoms with E-state index in [1.54, 1.807) is 37.4 Å². The first-order chi connectivity index (χ1) is 14.8. The summed E-state index contributed by atoms with van der Waals surface area (Å²) in [5.74, 6) is -2.28. The molecule has 0 saturated carbocycles. The molecule has 1 aliphatic rings. The summed E-state index contributed by atoms with van der Waals surface area (Å²) in [6.07, 6.45) is -0.0219. The maximum absolute atomic E-state index is 12.7. The Morgan fingerprint density at radius 1 is 1.16 bits per heavy atom. The number of carboxylic acids is 1. The van der Waals surface area contributed by atoms with Gasteiger partial charge in [0.25, 0.3) is 0 Å². The number of amidine groups is 1. The van der Waals surface area contributed by atoms with Gasteiger partial charge in [0.1, 0.15) is 5.25 Å². The second-order valence-corrected chi connectivity index (χ2v) is 7.74. The number of rotatable bonds is 5. The van der Waals surface area contributed by atoms with Crippen molar-refractivity contribution in [2.75, 3.05) is 19.5 Å². The van der Waals surface area contributed by atoms with Gasteiger partial charge < -0.3 is 15.2 Å². The van der Waals surface area contributed by atoms with E-state index in [1.165, 1.54) is 30.2 Å². The van der Waals surface area contributed by atoms with Crippen LogP contribution in [0.1, 0.15) is 27.1 Å². The number of hydrogen-bond donors (Lipinski definition) is 2. The molecule has 1 atom stereocenters. The van der Waals surface area contributed by atoms with Crippen molar-refractivity contribution < 1.29 is 29.0 Å². The molecule has 2 aromatic carbocycles. The highest BCUT2D eigenvalue weighted by molar-refractivity contribution is 8.15. The van der Waals surface area contributed by atoms with Crippen molar-refractivity contribution in [2.24, 2.45) is 4.99 Å². The zero-order valence-electron chi connectivity index (χ0n) is 16.7. The van der Waals surface area contributed by atoms with Crippen LogP contribution in [0.2, 0.25) is 0 Å². The molecule has 0 aliphatic carbocycles. The molecule has 9 nitrogen and oxygen atoms in total. The fraction of sp³-hybridized carbons (Fsp3) is 0.190. The molecule has 1 heterocycles. The Balaban J connectivity index is 1.76. The third-order valence-corrected chi connectivity index (χ3v) is 5.69. The molecule has 0 spiro atoms. The van der Waals surface area contributed by atoms with Crippen LogP contribution in [0.25, 0.3) is 0 Å². The van der Waals surface area contributed by atoms with Crippen LogP contribution < -0.4 is 5.32 Å². The van der Waals surface area contributed by atoms with E-state index < -0.39 is 23.1 Å². The number of nitrogens with one attached hydrogen (secondary N) is 1. The number of methoxy groups -OCH3 is 1. The van der Waals surface area contributed by atoms with Crippen molar-refractivity contribution >= 4 is 52.1 Å². The van der Waals surface area contributed by atoms with Gasteiger partial charge in [0.2, 0.25) is 11.8 Å². The van der Waals surface area contributed by atoms with E-state index in [0.29, 0.717) is 22.1 Å². The SMILES string of the molecule is COC(=O)c1ccc(N=C2SC(C(=O)Nc3cccc(C(=O)O)c3)CC(=O)N2C)cc1. The lowest BCUT2D eigenvalue weighted by Crippen LogP contribution is -2.43. The number of carboxylic acid groups (broad SMARTS) is 1. The lowest BCUT2D eigenvalue weighted by atomic mass is 10.2. The lowest BCUT2D eigenvalue weighted by molar-refractivity contribution is -0.128. The molecule has 2 N–H and O–H groups in total. The molecule has 3 rings (SSSR count). The van der Waals surface area contributed by atoms with Gasteiger partial charge in [-0.1, -0.05) is 17.8 Å². The van der Waals surface area contributed by atoms with Crippen LogP contribution in [0, 0.1) is 0 Å². The van der Waals surface area contributed by atoms with E-state index in [0.717, 1.165) is 11.8 Å². The third-order valence-electron chi connectivity index (χ3n) is 4.45. The van der Waals surface area contributed by atoms with Crippen LogP contribution in [0.3, 0.4) is 0 Å². The number of anilines is 1. The summed E-state index contributed by atoms with van der Waals surface area (Å²) < 4.78 is 4.66. The number of esters is 1. The Hall–Kier alpha value is -3.66. The van der Waals surface area contributed by atoms with E-state index in [-0.39, 0.29) is 17.9 Å². The standard InChI is InChI=1S/C21H19N3O6S/c1-24-17(25)11-16(18(26)22-15-5-3-4-13(10-15)19(27)28)31-21(24)23-14-8-6-12(7-9-14)20(29)30-2/h3-10,16H,11H2,1-2H3,(H,22,26)(H,27,28). The summed E-state index contributed by atoms with van der Waals surface area (Å²) in [6.45, 7) is 0. The second kappa shape index (κ2) is 9.43. The normalized spacial score (nSPS) is 17.4. The highest BCUT2D eigenvalue weighted by atomic mass is 32.2. The maximum atomic E-state index is 12.7. The first kappa shape index (κ1) is 22.0. The fourth-order valence-corrected chi connectivity index (χ4v) is 3.82. The number of amides is 2. The van der Waals surface area contributed by atoms with E-state index in [9.17, 15) is 19.2 Å². The fourth-order valence-electron chi connectivity index (χ4n) is 2.75. The van der Waals surface area contributed by atoms with E-state index in [1.807, 2.05) is 0 Å². The highest BCUT2D eigenvalue weighted by Gasteiger charge is 2.34. The van der Waals surface area contributed by atoms with Gasteiger partial charge in [-0.15, -0.1) is 0 Å². The van der Waals surface area contributed by atoms with E-state index in [4.69, 9.17) is 5.11 Å².